The molecule has 0 spiro atoms. The van der Waals surface area contributed by atoms with Crippen molar-refractivity contribution in [2.45, 2.75) is 24.9 Å². The van der Waals surface area contributed by atoms with Gasteiger partial charge in [-0.2, -0.15) is 0 Å². The maximum absolute atomic E-state index is 6.53. The van der Waals surface area contributed by atoms with Crippen LogP contribution in [-0.2, 0) is 0 Å². The first-order chi connectivity index (χ1) is 10.0. The Morgan fingerprint density at radius 2 is 1.90 bits per heavy atom. The minimum Gasteiger partial charge on any atom is -0.370 e. The van der Waals surface area contributed by atoms with Crippen LogP contribution in [0.2, 0.25) is 0 Å². The fourth-order valence-electron chi connectivity index (χ4n) is 4.33. The Kier molecular flexibility index (Phi) is 2.94. The van der Waals surface area contributed by atoms with Crippen molar-refractivity contribution in [1.29, 1.82) is 0 Å². The van der Waals surface area contributed by atoms with E-state index in [1.165, 1.54) is 19.5 Å². The SMILES string of the molecule is CN1CC2CN(C3=CC(N)(C4CCC4)N=C(N)N3)CC2C1. The minimum absolute atomic E-state index is 0.446. The lowest BCUT2D eigenvalue weighted by molar-refractivity contribution is 0.204. The molecule has 4 rings (SSSR count). The number of aliphatic imine (C=N–C) groups is 1. The van der Waals surface area contributed by atoms with Crippen molar-refractivity contribution in [3.63, 3.8) is 0 Å². The molecule has 2 saturated heterocycles. The monoisotopic (exact) mass is 290 g/mol. The molecule has 6 nitrogen and oxygen atoms in total. The smallest absolute Gasteiger partial charge is 0.196 e. The van der Waals surface area contributed by atoms with Crippen molar-refractivity contribution in [3.05, 3.63) is 11.9 Å². The molecule has 1 saturated carbocycles. The number of likely N-dealkylation sites (tertiary alicyclic amines) is 2. The van der Waals surface area contributed by atoms with Gasteiger partial charge in [0, 0.05) is 32.1 Å². The molecule has 6 heteroatoms. The first-order valence-corrected chi connectivity index (χ1v) is 8.11. The average molecular weight is 290 g/mol. The highest BCUT2D eigenvalue weighted by atomic mass is 15.3. The maximum atomic E-state index is 6.53. The Labute approximate surface area is 126 Å². The highest BCUT2D eigenvalue weighted by molar-refractivity contribution is 5.81. The molecule has 0 aromatic heterocycles. The Balaban J connectivity index is 1.53. The zero-order valence-corrected chi connectivity index (χ0v) is 12.8. The summed E-state index contributed by atoms with van der Waals surface area (Å²) in [6.45, 7) is 4.60. The minimum atomic E-state index is -0.600. The first kappa shape index (κ1) is 13.4. The number of nitrogens with one attached hydrogen (secondary N) is 1. The second kappa shape index (κ2) is 4.61. The van der Waals surface area contributed by atoms with E-state index in [9.17, 15) is 0 Å². The fraction of sp³-hybridized carbons (Fsp3) is 0.800. The Morgan fingerprint density at radius 1 is 1.24 bits per heavy atom. The van der Waals surface area contributed by atoms with Gasteiger partial charge in [-0.1, -0.05) is 6.42 Å². The summed E-state index contributed by atoms with van der Waals surface area (Å²) in [5.74, 6) is 3.54. The van der Waals surface area contributed by atoms with Gasteiger partial charge in [0.25, 0.3) is 0 Å². The quantitative estimate of drug-likeness (QED) is 0.650. The van der Waals surface area contributed by atoms with Gasteiger partial charge >= 0.3 is 0 Å². The summed E-state index contributed by atoms with van der Waals surface area (Å²) in [6.07, 6.45) is 5.70. The number of rotatable bonds is 2. The largest absolute Gasteiger partial charge is 0.370 e. The Hall–Kier alpha value is -1.27. The number of guanidine groups is 1. The second-order valence-electron chi connectivity index (χ2n) is 7.31. The molecule has 21 heavy (non-hydrogen) atoms. The summed E-state index contributed by atoms with van der Waals surface area (Å²) >= 11 is 0. The van der Waals surface area contributed by atoms with Gasteiger partial charge < -0.3 is 26.6 Å². The van der Waals surface area contributed by atoms with Gasteiger partial charge in [-0.15, -0.1) is 0 Å². The summed E-state index contributed by atoms with van der Waals surface area (Å²) in [4.78, 5) is 9.35. The van der Waals surface area contributed by atoms with E-state index < -0.39 is 5.66 Å². The molecule has 5 N–H and O–H groups in total. The zero-order chi connectivity index (χ0) is 14.6. The van der Waals surface area contributed by atoms with Crippen molar-refractivity contribution in [2.75, 3.05) is 33.2 Å². The van der Waals surface area contributed by atoms with Crippen LogP contribution in [0, 0.1) is 17.8 Å². The van der Waals surface area contributed by atoms with Crippen molar-refractivity contribution in [2.24, 2.45) is 34.2 Å². The zero-order valence-electron chi connectivity index (χ0n) is 12.8. The van der Waals surface area contributed by atoms with Crippen LogP contribution >= 0.6 is 0 Å². The summed E-state index contributed by atoms with van der Waals surface area (Å²) in [5, 5.41) is 3.24. The highest BCUT2D eigenvalue weighted by Gasteiger charge is 2.43. The van der Waals surface area contributed by atoms with Crippen molar-refractivity contribution in [1.82, 2.24) is 15.1 Å². The molecule has 0 bridgehead atoms. The van der Waals surface area contributed by atoms with Crippen LogP contribution in [0.15, 0.2) is 16.9 Å². The Bertz CT molecular complexity index is 482. The molecule has 0 radical (unpaired) electrons. The van der Waals surface area contributed by atoms with Gasteiger partial charge in [0.1, 0.15) is 11.5 Å². The third-order valence-electron chi connectivity index (χ3n) is 5.71. The van der Waals surface area contributed by atoms with Crippen molar-refractivity contribution < 1.29 is 0 Å². The molecule has 3 fully saturated rings. The standard InChI is InChI=1S/C15H26N6/c1-20-6-10-8-21(9-11(10)7-20)13-5-15(17,12-3-2-4-12)19-14(16)18-13/h5,10-12H,2-4,6-9,17H2,1H3,(H3,16,18,19). The average Bonchev–Trinajstić information content (AvgIpc) is 2.81. The van der Waals surface area contributed by atoms with E-state index in [1.54, 1.807) is 0 Å². The number of fused-ring (bicyclic) bond motifs is 1. The molecule has 3 heterocycles. The third kappa shape index (κ3) is 2.21. The first-order valence-electron chi connectivity index (χ1n) is 8.11. The van der Waals surface area contributed by atoms with E-state index in [-0.39, 0.29) is 0 Å². The lowest BCUT2D eigenvalue weighted by Crippen LogP contribution is -2.55. The van der Waals surface area contributed by atoms with Crippen LogP contribution in [-0.4, -0.2) is 54.6 Å². The molecular weight excluding hydrogens is 264 g/mol. The van der Waals surface area contributed by atoms with Crippen LogP contribution in [0.3, 0.4) is 0 Å². The third-order valence-corrected chi connectivity index (χ3v) is 5.71. The normalized spacial score (nSPS) is 40.4. The molecule has 3 unspecified atom stereocenters. The predicted molar refractivity (Wildman–Crippen MR) is 83.2 cm³/mol. The summed E-state index contributed by atoms with van der Waals surface area (Å²) in [6, 6.07) is 0. The van der Waals surface area contributed by atoms with E-state index >= 15 is 0 Å². The molecule has 1 aliphatic carbocycles. The van der Waals surface area contributed by atoms with Crippen LogP contribution in [0.1, 0.15) is 19.3 Å². The number of hydrogen-bond donors (Lipinski definition) is 3. The highest BCUT2D eigenvalue weighted by Crippen LogP contribution is 2.39. The lowest BCUT2D eigenvalue weighted by atomic mass is 9.75. The predicted octanol–water partition coefficient (Wildman–Crippen LogP) is -0.306. The van der Waals surface area contributed by atoms with E-state index in [0.717, 1.165) is 43.6 Å². The van der Waals surface area contributed by atoms with Gasteiger partial charge in [0.2, 0.25) is 0 Å². The van der Waals surface area contributed by atoms with Gasteiger partial charge in [0.05, 0.1) is 0 Å². The van der Waals surface area contributed by atoms with E-state index in [0.29, 0.717) is 11.9 Å². The van der Waals surface area contributed by atoms with Crippen LogP contribution in [0.5, 0.6) is 0 Å². The topological polar surface area (TPSA) is 82.9 Å². The van der Waals surface area contributed by atoms with Crippen LogP contribution in [0.4, 0.5) is 0 Å². The summed E-state index contributed by atoms with van der Waals surface area (Å²) in [5.41, 5.74) is 11.9. The summed E-state index contributed by atoms with van der Waals surface area (Å²) < 4.78 is 0. The molecular formula is C15H26N6. The van der Waals surface area contributed by atoms with Gasteiger partial charge in [-0.3, -0.25) is 0 Å². The number of nitrogens with two attached hydrogens (primary N) is 2. The van der Waals surface area contributed by atoms with Crippen LogP contribution < -0.4 is 16.8 Å². The molecule has 0 aromatic rings. The molecule has 4 aliphatic rings. The second-order valence-corrected chi connectivity index (χ2v) is 7.31. The van der Waals surface area contributed by atoms with Gasteiger partial charge in [-0.25, -0.2) is 4.99 Å². The number of nitrogens with zero attached hydrogens (tertiary/aromatic N) is 3. The van der Waals surface area contributed by atoms with Crippen molar-refractivity contribution in [3.8, 4) is 0 Å². The van der Waals surface area contributed by atoms with E-state index in [4.69, 9.17) is 11.5 Å². The molecule has 116 valence electrons. The summed E-state index contributed by atoms with van der Waals surface area (Å²) in [7, 11) is 2.22. The maximum Gasteiger partial charge on any atom is 0.196 e. The Morgan fingerprint density at radius 3 is 2.48 bits per heavy atom. The molecule has 3 aliphatic heterocycles. The number of hydrogen-bond acceptors (Lipinski definition) is 6. The van der Waals surface area contributed by atoms with E-state index in [2.05, 4.69) is 33.2 Å². The molecule has 0 amide bonds. The van der Waals surface area contributed by atoms with Gasteiger partial charge in [-0.05, 0) is 37.8 Å². The van der Waals surface area contributed by atoms with E-state index in [1.807, 2.05) is 0 Å². The molecule has 0 aromatic carbocycles. The lowest BCUT2D eigenvalue weighted by Gasteiger charge is -2.41. The van der Waals surface area contributed by atoms with Gasteiger partial charge in [0.15, 0.2) is 5.96 Å². The molecule has 3 atom stereocenters. The van der Waals surface area contributed by atoms with Crippen LogP contribution in [0.25, 0.3) is 0 Å². The fourth-order valence-corrected chi connectivity index (χ4v) is 4.33. The van der Waals surface area contributed by atoms with Crippen molar-refractivity contribution >= 4 is 5.96 Å².